The van der Waals surface area contributed by atoms with Crippen molar-refractivity contribution in [2.24, 2.45) is 5.41 Å². The third-order valence-corrected chi connectivity index (χ3v) is 5.01. The first kappa shape index (κ1) is 16.1. The van der Waals surface area contributed by atoms with Crippen molar-refractivity contribution >= 4 is 11.6 Å². The lowest BCUT2D eigenvalue weighted by atomic mass is 9.79. The molecule has 1 aromatic carbocycles. The molecule has 124 valence electrons. The molecule has 0 bridgehead atoms. The van der Waals surface area contributed by atoms with Crippen LogP contribution in [0.3, 0.4) is 0 Å². The number of benzene rings is 1. The number of nitrogens with zero attached hydrogens (tertiary/aromatic N) is 1. The summed E-state index contributed by atoms with van der Waals surface area (Å²) >= 11 is 0. The van der Waals surface area contributed by atoms with Crippen molar-refractivity contribution in [2.45, 2.75) is 25.7 Å². The topological polar surface area (TPSA) is 44.4 Å². The van der Waals surface area contributed by atoms with Gasteiger partial charge in [0.25, 0.3) is 0 Å². The highest BCUT2D eigenvalue weighted by atomic mass is 16.1. The Labute approximate surface area is 138 Å². The molecule has 1 aliphatic carbocycles. The van der Waals surface area contributed by atoms with Crippen molar-refractivity contribution in [3.05, 3.63) is 41.5 Å². The Morgan fingerprint density at radius 2 is 2.13 bits per heavy atom. The zero-order chi connectivity index (χ0) is 16.3. The van der Waals surface area contributed by atoms with Crippen LogP contribution in [-0.4, -0.2) is 44.5 Å². The molecule has 4 nitrogen and oxygen atoms in total. The molecule has 2 N–H and O–H groups in total. The van der Waals surface area contributed by atoms with Crippen molar-refractivity contribution in [2.75, 3.05) is 39.0 Å². The summed E-state index contributed by atoms with van der Waals surface area (Å²) in [6.07, 6.45) is 6.37. The predicted molar refractivity (Wildman–Crippen MR) is 94.6 cm³/mol. The van der Waals surface area contributed by atoms with E-state index in [-0.39, 0.29) is 11.3 Å². The van der Waals surface area contributed by atoms with E-state index in [1.54, 1.807) is 0 Å². The lowest BCUT2D eigenvalue weighted by Crippen LogP contribution is -2.32. The zero-order valence-corrected chi connectivity index (χ0v) is 14.2. The number of amides is 1. The van der Waals surface area contributed by atoms with E-state index in [0.29, 0.717) is 6.54 Å². The molecule has 4 heteroatoms. The number of anilines is 1. The van der Waals surface area contributed by atoms with E-state index < -0.39 is 0 Å². The summed E-state index contributed by atoms with van der Waals surface area (Å²) in [6.45, 7) is 2.56. The maximum Gasteiger partial charge on any atom is 0.246 e. The van der Waals surface area contributed by atoms with E-state index in [4.69, 9.17) is 0 Å². The van der Waals surface area contributed by atoms with Gasteiger partial charge in [0.1, 0.15) is 0 Å². The lowest BCUT2D eigenvalue weighted by molar-refractivity contribution is -0.117. The highest BCUT2D eigenvalue weighted by Crippen LogP contribution is 2.44. The molecule has 1 aromatic rings. The van der Waals surface area contributed by atoms with Gasteiger partial charge < -0.3 is 15.5 Å². The third kappa shape index (κ3) is 3.75. The third-order valence-electron chi connectivity index (χ3n) is 5.01. The fraction of sp³-hybridized carbons (Fsp3) is 0.526. The van der Waals surface area contributed by atoms with Crippen molar-refractivity contribution in [1.82, 2.24) is 10.2 Å². The van der Waals surface area contributed by atoms with Crippen LogP contribution < -0.4 is 10.6 Å². The van der Waals surface area contributed by atoms with Crippen LogP contribution in [0, 0.1) is 5.41 Å². The minimum absolute atomic E-state index is 0.120. The highest BCUT2D eigenvalue weighted by Gasteiger charge is 2.36. The monoisotopic (exact) mass is 313 g/mol. The fourth-order valence-electron chi connectivity index (χ4n) is 3.68. The number of hydrogen-bond donors (Lipinski definition) is 2. The number of carbonyl (C=O) groups excluding carboxylic acids is 1. The van der Waals surface area contributed by atoms with Crippen molar-refractivity contribution in [3.63, 3.8) is 0 Å². The number of hydrogen-bond acceptors (Lipinski definition) is 3. The van der Waals surface area contributed by atoms with Crippen LogP contribution in [0.15, 0.2) is 35.9 Å². The Morgan fingerprint density at radius 3 is 2.96 bits per heavy atom. The Morgan fingerprint density at radius 1 is 1.30 bits per heavy atom. The standard InChI is InChI=1S/C19H27N3O/c1-22(2)12-11-21-18(23)16-7-8-19(14-16)9-10-20-17-6-4-3-5-15(17)13-19/h3-6,14,20H,7-13H2,1-2H3,(H,21,23). The number of fused-ring (bicyclic) bond motifs is 1. The van der Waals surface area contributed by atoms with Gasteiger partial charge in [0.05, 0.1) is 0 Å². The molecule has 0 radical (unpaired) electrons. The number of rotatable bonds is 4. The van der Waals surface area contributed by atoms with Gasteiger partial charge in [-0.1, -0.05) is 24.3 Å². The highest BCUT2D eigenvalue weighted by molar-refractivity contribution is 5.94. The van der Waals surface area contributed by atoms with Crippen molar-refractivity contribution in [1.29, 1.82) is 0 Å². The van der Waals surface area contributed by atoms with Gasteiger partial charge in [-0.05, 0) is 56.8 Å². The first-order chi connectivity index (χ1) is 11.1. The SMILES string of the molecule is CN(C)CCNC(=O)C1=CC2(CCNc3ccccc3C2)CC1. The summed E-state index contributed by atoms with van der Waals surface area (Å²) in [4.78, 5) is 14.5. The molecule has 1 atom stereocenters. The van der Waals surface area contributed by atoms with Crippen LogP contribution in [0.25, 0.3) is 0 Å². The molecular formula is C19H27N3O. The predicted octanol–water partition coefficient (Wildman–Crippen LogP) is 2.43. The van der Waals surface area contributed by atoms with Crippen molar-refractivity contribution < 1.29 is 4.79 Å². The van der Waals surface area contributed by atoms with Gasteiger partial charge in [-0.25, -0.2) is 0 Å². The Bertz CT molecular complexity index is 608. The minimum Gasteiger partial charge on any atom is -0.385 e. The van der Waals surface area contributed by atoms with Crippen LogP contribution in [0.2, 0.25) is 0 Å². The molecule has 1 spiro atoms. The van der Waals surface area contributed by atoms with E-state index in [1.807, 2.05) is 14.1 Å². The average molecular weight is 313 g/mol. The number of likely N-dealkylation sites (N-methyl/N-ethyl adjacent to an activating group) is 1. The van der Waals surface area contributed by atoms with E-state index in [2.05, 4.69) is 45.9 Å². The van der Waals surface area contributed by atoms with Gasteiger partial charge in [0, 0.05) is 30.9 Å². The van der Waals surface area contributed by atoms with Crippen LogP contribution in [0.5, 0.6) is 0 Å². The first-order valence-electron chi connectivity index (χ1n) is 8.54. The van der Waals surface area contributed by atoms with E-state index in [0.717, 1.165) is 44.3 Å². The normalized spacial score (nSPS) is 23.2. The number of allylic oxidation sites excluding steroid dienone is 1. The summed E-state index contributed by atoms with van der Waals surface area (Å²) in [5.74, 6) is 0.120. The Kier molecular flexibility index (Phi) is 4.71. The van der Waals surface area contributed by atoms with Crippen LogP contribution in [0.4, 0.5) is 5.69 Å². The quantitative estimate of drug-likeness (QED) is 0.897. The van der Waals surface area contributed by atoms with Gasteiger partial charge in [0.2, 0.25) is 5.91 Å². The van der Waals surface area contributed by atoms with Crippen molar-refractivity contribution in [3.8, 4) is 0 Å². The second kappa shape index (κ2) is 6.75. The second-order valence-corrected chi connectivity index (χ2v) is 7.10. The van der Waals surface area contributed by atoms with Gasteiger partial charge in [0.15, 0.2) is 0 Å². The molecule has 23 heavy (non-hydrogen) atoms. The van der Waals surface area contributed by atoms with Crippen LogP contribution >= 0.6 is 0 Å². The van der Waals surface area contributed by atoms with E-state index >= 15 is 0 Å². The molecule has 3 rings (SSSR count). The summed E-state index contributed by atoms with van der Waals surface area (Å²) in [5.41, 5.74) is 3.74. The summed E-state index contributed by atoms with van der Waals surface area (Å²) in [7, 11) is 4.04. The van der Waals surface area contributed by atoms with Gasteiger partial charge >= 0.3 is 0 Å². The van der Waals surface area contributed by atoms with E-state index in [1.165, 1.54) is 11.3 Å². The molecule has 0 fully saturated rings. The summed E-state index contributed by atoms with van der Waals surface area (Å²) in [6, 6.07) is 8.55. The smallest absolute Gasteiger partial charge is 0.246 e. The van der Waals surface area contributed by atoms with Crippen LogP contribution in [0.1, 0.15) is 24.8 Å². The molecule has 1 aliphatic heterocycles. The largest absolute Gasteiger partial charge is 0.385 e. The molecule has 0 aromatic heterocycles. The zero-order valence-electron chi connectivity index (χ0n) is 14.2. The first-order valence-corrected chi connectivity index (χ1v) is 8.54. The Balaban J connectivity index is 1.69. The average Bonchev–Trinajstić information content (AvgIpc) is 2.83. The minimum atomic E-state index is 0.120. The van der Waals surface area contributed by atoms with Gasteiger partial charge in [-0.3, -0.25) is 4.79 Å². The van der Waals surface area contributed by atoms with Crippen LogP contribution in [-0.2, 0) is 11.2 Å². The molecule has 1 unspecified atom stereocenters. The molecule has 1 amide bonds. The van der Waals surface area contributed by atoms with E-state index in [9.17, 15) is 4.79 Å². The molecule has 2 aliphatic rings. The molecule has 0 saturated carbocycles. The lowest BCUT2D eigenvalue weighted by Gasteiger charge is -2.25. The number of nitrogens with one attached hydrogen (secondary N) is 2. The molecule has 1 heterocycles. The summed E-state index contributed by atoms with van der Waals surface area (Å²) < 4.78 is 0. The second-order valence-electron chi connectivity index (χ2n) is 7.10. The maximum absolute atomic E-state index is 12.4. The van der Waals surface area contributed by atoms with Gasteiger partial charge in [-0.2, -0.15) is 0 Å². The number of para-hydroxylation sites is 1. The summed E-state index contributed by atoms with van der Waals surface area (Å²) in [5, 5.41) is 6.58. The molecular weight excluding hydrogens is 286 g/mol. The van der Waals surface area contributed by atoms with Gasteiger partial charge in [-0.15, -0.1) is 0 Å². The maximum atomic E-state index is 12.4. The number of carbonyl (C=O) groups is 1. The fourth-order valence-corrected chi connectivity index (χ4v) is 3.68. The Hall–Kier alpha value is -1.81. The molecule has 0 saturated heterocycles.